The van der Waals surface area contributed by atoms with Crippen LogP contribution in [0.25, 0.3) is 10.1 Å². The third kappa shape index (κ3) is 2.15. The predicted octanol–water partition coefficient (Wildman–Crippen LogP) is 3.17. The Morgan fingerprint density at radius 1 is 1.24 bits per heavy atom. The number of carbonyl (C=O) groups is 1. The zero-order valence-corrected chi connectivity index (χ0v) is 12.3. The van der Waals surface area contributed by atoms with Crippen LogP contribution in [0.1, 0.15) is 35.4 Å². The van der Waals surface area contributed by atoms with Gasteiger partial charge in [0.05, 0.1) is 11.0 Å². The number of aliphatic hydroxyl groups excluding tert-OH is 1. The van der Waals surface area contributed by atoms with Crippen molar-refractivity contribution in [3.05, 3.63) is 35.0 Å². The fraction of sp³-hybridized carbons (Fsp3) is 0.438. The Morgan fingerprint density at radius 3 is 2.67 bits per heavy atom. The van der Waals surface area contributed by atoms with Crippen LogP contribution < -0.4 is 0 Å². The van der Waals surface area contributed by atoms with Gasteiger partial charge in [0, 0.05) is 16.8 Å². The van der Waals surface area contributed by atoms with E-state index in [2.05, 4.69) is 0 Å². The Labute approximate surface area is 126 Å². The van der Waals surface area contributed by atoms with Gasteiger partial charge in [-0.25, -0.2) is 4.39 Å². The zero-order valence-electron chi connectivity index (χ0n) is 11.5. The molecule has 2 fully saturated rings. The Balaban J connectivity index is 1.67. The van der Waals surface area contributed by atoms with Crippen molar-refractivity contribution in [1.29, 1.82) is 0 Å². The van der Waals surface area contributed by atoms with Crippen molar-refractivity contribution in [3.8, 4) is 0 Å². The maximum Gasteiger partial charge on any atom is 0.264 e. The first kappa shape index (κ1) is 13.2. The molecule has 0 aliphatic carbocycles. The van der Waals surface area contributed by atoms with Gasteiger partial charge in [0.1, 0.15) is 5.82 Å². The minimum Gasteiger partial charge on any atom is -0.393 e. The van der Waals surface area contributed by atoms with Gasteiger partial charge in [0.25, 0.3) is 5.91 Å². The van der Waals surface area contributed by atoms with E-state index in [0.717, 1.165) is 22.9 Å². The summed E-state index contributed by atoms with van der Waals surface area (Å²) in [5.41, 5.74) is 0. The molecule has 3 heterocycles. The lowest BCUT2D eigenvalue weighted by atomic mass is 9.99. The largest absolute Gasteiger partial charge is 0.393 e. The summed E-state index contributed by atoms with van der Waals surface area (Å²) >= 11 is 1.35. The van der Waals surface area contributed by atoms with E-state index in [0.29, 0.717) is 17.7 Å². The maximum atomic E-state index is 13.3. The molecule has 2 aliphatic rings. The van der Waals surface area contributed by atoms with Gasteiger partial charge in [-0.15, -0.1) is 11.3 Å². The van der Waals surface area contributed by atoms with E-state index < -0.39 is 0 Å². The highest BCUT2D eigenvalue weighted by Crippen LogP contribution is 2.38. The number of amides is 1. The third-order valence-corrected chi connectivity index (χ3v) is 5.72. The molecule has 21 heavy (non-hydrogen) atoms. The topological polar surface area (TPSA) is 40.5 Å². The minimum absolute atomic E-state index is 0.0380. The van der Waals surface area contributed by atoms with Crippen molar-refractivity contribution in [3.63, 3.8) is 0 Å². The zero-order chi connectivity index (χ0) is 14.6. The number of nitrogens with zero attached hydrogens (tertiary/aromatic N) is 1. The summed E-state index contributed by atoms with van der Waals surface area (Å²) in [5, 5.41) is 10.7. The number of carbonyl (C=O) groups excluding carboxylic acids is 1. The molecule has 0 spiro atoms. The fourth-order valence-corrected chi connectivity index (χ4v) is 4.75. The normalized spacial score (nSPS) is 28.3. The molecule has 0 radical (unpaired) electrons. The predicted molar refractivity (Wildman–Crippen MR) is 80.0 cm³/mol. The lowest BCUT2D eigenvalue weighted by Gasteiger charge is -2.36. The van der Waals surface area contributed by atoms with E-state index >= 15 is 0 Å². The van der Waals surface area contributed by atoms with Crippen molar-refractivity contribution < 1.29 is 14.3 Å². The van der Waals surface area contributed by atoms with Crippen LogP contribution in [-0.2, 0) is 0 Å². The molecular formula is C16H16FNO2S. The molecule has 2 aromatic rings. The van der Waals surface area contributed by atoms with Gasteiger partial charge in [0.15, 0.2) is 0 Å². The number of piperidine rings is 1. The van der Waals surface area contributed by atoms with Gasteiger partial charge in [-0.3, -0.25) is 4.79 Å². The number of thiophene rings is 1. The van der Waals surface area contributed by atoms with Crippen molar-refractivity contribution >= 4 is 27.3 Å². The SMILES string of the molecule is O=C(c1cc2ccc(F)cc2s1)N1C2CCC1CC(O)C2. The highest BCUT2D eigenvalue weighted by atomic mass is 32.1. The lowest BCUT2D eigenvalue weighted by molar-refractivity contribution is 0.0290. The van der Waals surface area contributed by atoms with Crippen LogP contribution >= 0.6 is 11.3 Å². The van der Waals surface area contributed by atoms with E-state index in [1.165, 1.54) is 23.5 Å². The molecule has 1 N–H and O–H groups in total. The van der Waals surface area contributed by atoms with Crippen molar-refractivity contribution in [2.75, 3.05) is 0 Å². The minimum atomic E-state index is -0.275. The number of fused-ring (bicyclic) bond motifs is 3. The van der Waals surface area contributed by atoms with E-state index in [1.807, 2.05) is 11.0 Å². The highest BCUT2D eigenvalue weighted by Gasteiger charge is 2.43. The summed E-state index contributed by atoms with van der Waals surface area (Å²) in [6, 6.07) is 6.79. The van der Waals surface area contributed by atoms with Crippen LogP contribution in [-0.4, -0.2) is 34.1 Å². The van der Waals surface area contributed by atoms with E-state index in [4.69, 9.17) is 0 Å². The molecule has 110 valence electrons. The third-order valence-electron chi connectivity index (χ3n) is 4.64. The van der Waals surface area contributed by atoms with Gasteiger partial charge in [0.2, 0.25) is 0 Å². The second-order valence-corrected chi connectivity index (χ2v) is 7.10. The van der Waals surface area contributed by atoms with Crippen LogP contribution in [0.3, 0.4) is 0 Å². The van der Waals surface area contributed by atoms with E-state index in [9.17, 15) is 14.3 Å². The smallest absolute Gasteiger partial charge is 0.264 e. The molecule has 2 aliphatic heterocycles. The molecule has 3 nitrogen and oxygen atoms in total. The van der Waals surface area contributed by atoms with Crippen molar-refractivity contribution in [2.24, 2.45) is 0 Å². The second-order valence-electron chi connectivity index (χ2n) is 6.02. The maximum absolute atomic E-state index is 13.3. The van der Waals surface area contributed by atoms with Gasteiger partial charge in [-0.05, 0) is 49.3 Å². The van der Waals surface area contributed by atoms with Crippen LogP contribution in [0.15, 0.2) is 24.3 Å². The van der Waals surface area contributed by atoms with Crippen molar-refractivity contribution in [2.45, 2.75) is 43.9 Å². The molecule has 4 rings (SSSR count). The summed E-state index contributed by atoms with van der Waals surface area (Å²) in [7, 11) is 0. The molecule has 1 aromatic carbocycles. The Hall–Kier alpha value is -1.46. The molecule has 2 saturated heterocycles. The lowest BCUT2D eigenvalue weighted by Crippen LogP contribution is -2.47. The summed E-state index contributed by atoms with van der Waals surface area (Å²) in [6.45, 7) is 0. The van der Waals surface area contributed by atoms with Crippen LogP contribution in [0.5, 0.6) is 0 Å². The summed E-state index contributed by atoms with van der Waals surface area (Å²) in [6.07, 6.45) is 3.05. The Kier molecular flexibility index (Phi) is 3.01. The fourth-order valence-electron chi connectivity index (χ4n) is 3.72. The molecule has 2 unspecified atom stereocenters. The average Bonchev–Trinajstić information content (AvgIpc) is 2.97. The molecule has 2 atom stereocenters. The Bertz CT molecular complexity index is 699. The highest BCUT2D eigenvalue weighted by molar-refractivity contribution is 7.20. The first-order valence-corrected chi connectivity index (χ1v) is 8.13. The number of rotatable bonds is 1. The first-order chi connectivity index (χ1) is 10.1. The molecule has 1 amide bonds. The number of benzene rings is 1. The summed E-state index contributed by atoms with van der Waals surface area (Å²) in [5.74, 6) is -0.236. The molecule has 5 heteroatoms. The summed E-state index contributed by atoms with van der Waals surface area (Å²) in [4.78, 5) is 15.4. The number of hydrogen-bond donors (Lipinski definition) is 1. The van der Waals surface area contributed by atoms with E-state index in [1.54, 1.807) is 6.07 Å². The second kappa shape index (κ2) is 4.78. The van der Waals surface area contributed by atoms with Gasteiger partial charge >= 0.3 is 0 Å². The first-order valence-electron chi connectivity index (χ1n) is 7.31. The molecular weight excluding hydrogens is 289 g/mol. The molecule has 1 aromatic heterocycles. The van der Waals surface area contributed by atoms with Crippen LogP contribution in [0.4, 0.5) is 4.39 Å². The average molecular weight is 305 g/mol. The number of aliphatic hydroxyl groups is 1. The van der Waals surface area contributed by atoms with Crippen LogP contribution in [0, 0.1) is 5.82 Å². The quantitative estimate of drug-likeness (QED) is 0.879. The van der Waals surface area contributed by atoms with Gasteiger partial charge < -0.3 is 10.0 Å². The van der Waals surface area contributed by atoms with Crippen LogP contribution in [0.2, 0.25) is 0 Å². The number of halogens is 1. The van der Waals surface area contributed by atoms with Gasteiger partial charge in [-0.1, -0.05) is 6.07 Å². The standard InChI is InChI=1S/C16H16FNO2S/c17-10-2-1-9-5-15(21-14(9)6-10)16(20)18-11-3-4-12(18)8-13(19)7-11/h1-2,5-6,11-13,19H,3-4,7-8H2. The summed E-state index contributed by atoms with van der Waals surface area (Å²) < 4.78 is 14.1. The monoisotopic (exact) mass is 305 g/mol. The molecule has 2 bridgehead atoms. The van der Waals surface area contributed by atoms with Crippen molar-refractivity contribution in [1.82, 2.24) is 4.90 Å². The molecule has 0 saturated carbocycles. The van der Waals surface area contributed by atoms with Gasteiger partial charge in [-0.2, -0.15) is 0 Å². The van der Waals surface area contributed by atoms with E-state index in [-0.39, 0.29) is 29.9 Å². The Morgan fingerprint density at radius 2 is 1.95 bits per heavy atom. The number of hydrogen-bond acceptors (Lipinski definition) is 3.